The van der Waals surface area contributed by atoms with E-state index in [1.807, 2.05) is 0 Å². The monoisotopic (exact) mass is 94.0 g/mol. The molecule has 0 aromatic heterocycles. The van der Waals surface area contributed by atoms with E-state index in [0.717, 1.165) is 0 Å². The van der Waals surface area contributed by atoms with Gasteiger partial charge in [-0.15, -0.1) is 0 Å². The summed E-state index contributed by atoms with van der Waals surface area (Å²) < 4.78 is 4.25. The molecule has 0 bridgehead atoms. The molecular formula is C2H6OTi. The average molecular weight is 93.9 g/mol. The summed E-state index contributed by atoms with van der Waals surface area (Å²) in [7, 11) is 3.25. The predicted octanol–water partition coefficient (Wildman–Crippen LogP) is 0.260. The van der Waals surface area contributed by atoms with Gasteiger partial charge in [0.05, 0.1) is 0 Å². The Labute approximate surface area is 41.2 Å². The fraction of sp³-hybridized carbons (Fsp3) is 1.00. The molecule has 0 N–H and O–H groups in total. The Bertz CT molecular complexity index is 6.00. The van der Waals surface area contributed by atoms with E-state index in [1.165, 1.54) is 0 Å². The first-order valence-corrected chi connectivity index (χ1v) is 0.816. The minimum absolute atomic E-state index is 0. The first kappa shape index (κ1) is 8.82. The summed E-state index contributed by atoms with van der Waals surface area (Å²) >= 11 is 0. The van der Waals surface area contributed by atoms with Gasteiger partial charge in [0.25, 0.3) is 0 Å². The van der Waals surface area contributed by atoms with E-state index >= 15 is 0 Å². The summed E-state index contributed by atoms with van der Waals surface area (Å²) in [4.78, 5) is 0. The third-order valence-electron chi connectivity index (χ3n) is 0. The first-order valence-electron chi connectivity index (χ1n) is 0.816. The zero-order valence-electron chi connectivity index (χ0n) is 2.91. The van der Waals surface area contributed by atoms with Crippen molar-refractivity contribution in [2.75, 3.05) is 14.2 Å². The first-order chi connectivity index (χ1) is 1.41. The van der Waals surface area contributed by atoms with Gasteiger partial charge in [-0.1, -0.05) is 0 Å². The Morgan fingerprint density at radius 3 is 1.25 bits per heavy atom. The molecule has 0 unspecified atom stereocenters. The number of methoxy groups -OCH3 is 1. The summed E-state index contributed by atoms with van der Waals surface area (Å²) in [5.74, 6) is 0. The average Bonchev–Trinajstić information content (AvgIpc) is 0.918. The number of ether oxygens (including phenoxy) is 1. The summed E-state index contributed by atoms with van der Waals surface area (Å²) in [5, 5.41) is 0. The van der Waals surface area contributed by atoms with Crippen LogP contribution in [0.5, 0.6) is 0 Å². The van der Waals surface area contributed by atoms with E-state index in [2.05, 4.69) is 4.74 Å². The fourth-order valence-corrected chi connectivity index (χ4v) is 0. The zero-order chi connectivity index (χ0) is 2.71. The van der Waals surface area contributed by atoms with Crippen LogP contribution in [0.4, 0.5) is 0 Å². The van der Waals surface area contributed by atoms with Crippen molar-refractivity contribution in [2.45, 2.75) is 0 Å². The summed E-state index contributed by atoms with van der Waals surface area (Å²) in [6.45, 7) is 0. The van der Waals surface area contributed by atoms with Crippen LogP contribution >= 0.6 is 0 Å². The van der Waals surface area contributed by atoms with Crippen LogP contribution in [0.1, 0.15) is 0 Å². The molecule has 0 aliphatic carbocycles. The molecule has 0 rings (SSSR count). The molecule has 0 radical (unpaired) electrons. The molecule has 0 aliphatic rings. The Morgan fingerprint density at radius 1 is 1.25 bits per heavy atom. The molecule has 0 aromatic rings. The van der Waals surface area contributed by atoms with Crippen LogP contribution < -0.4 is 0 Å². The van der Waals surface area contributed by atoms with E-state index in [1.54, 1.807) is 14.2 Å². The van der Waals surface area contributed by atoms with Crippen molar-refractivity contribution in [1.29, 1.82) is 0 Å². The fourth-order valence-electron chi connectivity index (χ4n) is 0. The topological polar surface area (TPSA) is 9.23 Å². The summed E-state index contributed by atoms with van der Waals surface area (Å²) in [6.07, 6.45) is 0. The SMILES string of the molecule is COC.[Ti]. The second kappa shape index (κ2) is 9.37. The van der Waals surface area contributed by atoms with Crippen LogP contribution in [0.25, 0.3) is 0 Å². The standard InChI is InChI=1S/C2H6O.Ti/c1-3-2;/h1-2H3;. The van der Waals surface area contributed by atoms with Crippen molar-refractivity contribution in [2.24, 2.45) is 0 Å². The van der Waals surface area contributed by atoms with Crippen molar-refractivity contribution in [1.82, 2.24) is 0 Å². The quantitative estimate of drug-likeness (QED) is 0.391. The Hall–Kier alpha value is 0.674. The van der Waals surface area contributed by atoms with Gasteiger partial charge >= 0.3 is 0 Å². The van der Waals surface area contributed by atoms with Gasteiger partial charge in [0.1, 0.15) is 0 Å². The molecule has 2 heteroatoms. The number of hydrogen-bond acceptors (Lipinski definition) is 1. The van der Waals surface area contributed by atoms with E-state index in [-0.39, 0.29) is 21.7 Å². The Balaban J connectivity index is 0. The van der Waals surface area contributed by atoms with Gasteiger partial charge in [-0.25, -0.2) is 0 Å². The molecule has 0 spiro atoms. The minimum atomic E-state index is 0. The number of hydrogen-bond donors (Lipinski definition) is 0. The second-order valence-electron chi connectivity index (χ2n) is 0.408. The van der Waals surface area contributed by atoms with Crippen molar-refractivity contribution < 1.29 is 26.5 Å². The van der Waals surface area contributed by atoms with Crippen molar-refractivity contribution in [3.63, 3.8) is 0 Å². The van der Waals surface area contributed by atoms with Gasteiger partial charge in [-0.05, 0) is 0 Å². The largest absolute Gasteiger partial charge is 0.388 e. The van der Waals surface area contributed by atoms with Crippen molar-refractivity contribution in [3.05, 3.63) is 0 Å². The molecule has 0 heterocycles. The van der Waals surface area contributed by atoms with Gasteiger partial charge in [0.15, 0.2) is 0 Å². The minimum Gasteiger partial charge on any atom is -0.388 e. The van der Waals surface area contributed by atoms with E-state index < -0.39 is 0 Å². The Kier molecular flexibility index (Phi) is 20.7. The molecule has 24 valence electrons. The zero-order valence-corrected chi connectivity index (χ0v) is 4.47. The van der Waals surface area contributed by atoms with Gasteiger partial charge in [-0.3, -0.25) is 0 Å². The molecule has 0 amide bonds. The van der Waals surface area contributed by atoms with Crippen molar-refractivity contribution >= 4 is 0 Å². The van der Waals surface area contributed by atoms with Gasteiger partial charge in [0, 0.05) is 35.9 Å². The molecule has 0 saturated heterocycles. The van der Waals surface area contributed by atoms with Crippen LogP contribution in [0.3, 0.4) is 0 Å². The maximum absolute atomic E-state index is 4.25. The van der Waals surface area contributed by atoms with Crippen LogP contribution in [-0.4, -0.2) is 14.2 Å². The normalized spacial score (nSPS) is 4.50. The van der Waals surface area contributed by atoms with Crippen molar-refractivity contribution in [3.8, 4) is 0 Å². The Morgan fingerprint density at radius 2 is 1.25 bits per heavy atom. The summed E-state index contributed by atoms with van der Waals surface area (Å²) in [5.41, 5.74) is 0. The molecular weight excluding hydrogens is 87.9 g/mol. The van der Waals surface area contributed by atoms with E-state index in [0.29, 0.717) is 0 Å². The maximum atomic E-state index is 4.25. The third kappa shape index (κ3) is 16.5. The van der Waals surface area contributed by atoms with Gasteiger partial charge < -0.3 is 4.74 Å². The van der Waals surface area contributed by atoms with Crippen LogP contribution in [0.15, 0.2) is 0 Å². The third-order valence-corrected chi connectivity index (χ3v) is 0. The number of rotatable bonds is 0. The second-order valence-corrected chi connectivity index (χ2v) is 0.408. The van der Waals surface area contributed by atoms with Crippen LogP contribution in [0, 0.1) is 0 Å². The van der Waals surface area contributed by atoms with Crippen LogP contribution in [-0.2, 0) is 26.5 Å². The molecule has 0 fully saturated rings. The molecule has 4 heavy (non-hydrogen) atoms. The van der Waals surface area contributed by atoms with Gasteiger partial charge in [0.2, 0.25) is 0 Å². The van der Waals surface area contributed by atoms with E-state index in [9.17, 15) is 0 Å². The molecule has 1 nitrogen and oxygen atoms in total. The maximum Gasteiger partial charge on any atom is 0.0351 e. The summed E-state index contributed by atoms with van der Waals surface area (Å²) in [6, 6.07) is 0. The van der Waals surface area contributed by atoms with E-state index in [4.69, 9.17) is 0 Å². The molecule has 0 atom stereocenters. The molecule has 0 aliphatic heterocycles. The molecule has 0 saturated carbocycles. The molecule has 0 aromatic carbocycles. The smallest absolute Gasteiger partial charge is 0.0351 e. The predicted molar refractivity (Wildman–Crippen MR) is 12.9 cm³/mol. The van der Waals surface area contributed by atoms with Gasteiger partial charge in [-0.2, -0.15) is 0 Å². The van der Waals surface area contributed by atoms with Crippen LogP contribution in [0.2, 0.25) is 0 Å².